The molecule has 8 heteroatoms. The minimum atomic E-state index is -3.37. The maximum absolute atomic E-state index is 12.3. The van der Waals surface area contributed by atoms with Gasteiger partial charge in [0.15, 0.2) is 0 Å². The first-order chi connectivity index (χ1) is 12.3. The quantitative estimate of drug-likeness (QED) is 0.832. The van der Waals surface area contributed by atoms with E-state index in [4.69, 9.17) is 0 Å². The standard InChI is InChI=1S/C18H18N2O5S/c1-26(24,25)20-9-8-12-6-7-14(11-16(12)20)19-17(21)10-13-4-2-3-5-15(13)18(22)23/h2-7,11H,8-10H2,1H3,(H,19,21)(H,22,23). The van der Waals surface area contributed by atoms with Gasteiger partial charge in [-0.3, -0.25) is 9.10 Å². The normalized spacial score (nSPS) is 13.3. The molecule has 0 bridgehead atoms. The molecular formula is C18H18N2O5S. The van der Waals surface area contributed by atoms with E-state index >= 15 is 0 Å². The lowest BCUT2D eigenvalue weighted by molar-refractivity contribution is -0.115. The predicted octanol–water partition coefficient (Wildman–Crippen LogP) is 1.89. The van der Waals surface area contributed by atoms with Crippen molar-refractivity contribution in [2.24, 2.45) is 0 Å². The molecule has 0 saturated carbocycles. The lowest BCUT2D eigenvalue weighted by Gasteiger charge is -2.17. The highest BCUT2D eigenvalue weighted by Crippen LogP contribution is 2.32. The number of hydrogen-bond acceptors (Lipinski definition) is 4. The fraction of sp³-hybridized carbons (Fsp3) is 0.222. The Kier molecular flexibility index (Phi) is 4.69. The Hall–Kier alpha value is -2.87. The summed E-state index contributed by atoms with van der Waals surface area (Å²) in [5.74, 6) is -1.46. The van der Waals surface area contributed by atoms with Crippen molar-refractivity contribution in [1.82, 2.24) is 0 Å². The van der Waals surface area contributed by atoms with Gasteiger partial charge < -0.3 is 10.4 Å². The Morgan fingerprint density at radius 1 is 1.19 bits per heavy atom. The molecule has 1 aliphatic rings. The van der Waals surface area contributed by atoms with Gasteiger partial charge in [0.2, 0.25) is 15.9 Å². The van der Waals surface area contributed by atoms with Crippen LogP contribution in [-0.4, -0.2) is 38.2 Å². The zero-order valence-corrected chi connectivity index (χ0v) is 14.9. The number of benzene rings is 2. The number of rotatable bonds is 5. The van der Waals surface area contributed by atoms with Gasteiger partial charge in [-0.2, -0.15) is 0 Å². The number of carbonyl (C=O) groups excluding carboxylic acids is 1. The molecule has 0 aromatic heterocycles. The molecule has 0 aliphatic carbocycles. The van der Waals surface area contributed by atoms with Gasteiger partial charge in [0.05, 0.1) is 23.9 Å². The fourth-order valence-electron chi connectivity index (χ4n) is 3.03. The molecule has 0 unspecified atom stereocenters. The van der Waals surface area contributed by atoms with Crippen molar-refractivity contribution < 1.29 is 23.1 Å². The van der Waals surface area contributed by atoms with Crippen molar-refractivity contribution in [2.75, 3.05) is 22.4 Å². The van der Waals surface area contributed by atoms with Gasteiger partial charge in [-0.1, -0.05) is 24.3 Å². The summed E-state index contributed by atoms with van der Waals surface area (Å²) < 4.78 is 25.0. The van der Waals surface area contributed by atoms with Crippen LogP contribution in [0, 0.1) is 0 Å². The number of carboxylic acids is 1. The van der Waals surface area contributed by atoms with Crippen molar-refractivity contribution in [3.05, 3.63) is 59.2 Å². The third-order valence-electron chi connectivity index (χ3n) is 4.22. The van der Waals surface area contributed by atoms with Crippen molar-refractivity contribution >= 4 is 33.3 Å². The molecule has 1 heterocycles. The Balaban J connectivity index is 1.78. The van der Waals surface area contributed by atoms with Crippen LogP contribution in [0.1, 0.15) is 21.5 Å². The second kappa shape index (κ2) is 6.80. The van der Waals surface area contributed by atoms with E-state index in [0.29, 0.717) is 29.9 Å². The summed E-state index contributed by atoms with van der Waals surface area (Å²) in [5.41, 5.74) is 2.44. The molecule has 1 aliphatic heterocycles. The molecule has 2 aromatic rings. The molecule has 2 N–H and O–H groups in total. The van der Waals surface area contributed by atoms with Crippen molar-refractivity contribution in [1.29, 1.82) is 0 Å². The smallest absolute Gasteiger partial charge is 0.335 e. The van der Waals surface area contributed by atoms with Gasteiger partial charge in [-0.05, 0) is 35.7 Å². The maximum atomic E-state index is 12.3. The molecular weight excluding hydrogens is 356 g/mol. The Bertz CT molecular complexity index is 985. The minimum Gasteiger partial charge on any atom is -0.478 e. The lowest BCUT2D eigenvalue weighted by atomic mass is 10.0. The summed E-state index contributed by atoms with van der Waals surface area (Å²) in [6.07, 6.45) is 1.69. The topological polar surface area (TPSA) is 104 Å². The molecule has 0 saturated heterocycles. The molecule has 0 fully saturated rings. The van der Waals surface area contributed by atoms with Crippen LogP contribution in [0.25, 0.3) is 0 Å². The van der Waals surface area contributed by atoms with Crippen molar-refractivity contribution in [3.8, 4) is 0 Å². The Labute approximate surface area is 151 Å². The number of carbonyl (C=O) groups is 2. The number of nitrogens with zero attached hydrogens (tertiary/aromatic N) is 1. The second-order valence-electron chi connectivity index (χ2n) is 6.12. The van der Waals surface area contributed by atoms with E-state index in [0.717, 1.165) is 11.8 Å². The van der Waals surface area contributed by atoms with E-state index in [2.05, 4.69) is 5.32 Å². The average molecular weight is 374 g/mol. The SMILES string of the molecule is CS(=O)(=O)N1CCc2ccc(NC(=O)Cc3ccccc3C(=O)O)cc21. The molecule has 0 radical (unpaired) electrons. The summed E-state index contributed by atoms with van der Waals surface area (Å²) in [6.45, 7) is 0.386. The first-order valence-corrected chi connectivity index (χ1v) is 9.82. The summed E-state index contributed by atoms with van der Waals surface area (Å²) in [6, 6.07) is 11.5. The number of hydrogen-bond donors (Lipinski definition) is 2. The third-order valence-corrected chi connectivity index (χ3v) is 5.40. The van der Waals surface area contributed by atoms with Crippen LogP contribution in [0.5, 0.6) is 0 Å². The number of fused-ring (bicyclic) bond motifs is 1. The number of anilines is 2. The number of amides is 1. The Morgan fingerprint density at radius 2 is 1.92 bits per heavy atom. The van der Waals surface area contributed by atoms with E-state index in [1.54, 1.807) is 36.4 Å². The van der Waals surface area contributed by atoms with E-state index < -0.39 is 16.0 Å². The molecule has 2 aromatic carbocycles. The molecule has 1 amide bonds. The van der Waals surface area contributed by atoms with Crippen LogP contribution < -0.4 is 9.62 Å². The minimum absolute atomic E-state index is 0.0832. The second-order valence-corrected chi connectivity index (χ2v) is 8.02. The molecule has 3 rings (SSSR count). The van der Waals surface area contributed by atoms with Crippen LogP contribution in [-0.2, 0) is 27.7 Å². The van der Waals surface area contributed by atoms with E-state index in [1.165, 1.54) is 10.4 Å². The number of sulfonamides is 1. The van der Waals surface area contributed by atoms with Crippen LogP contribution in [0.2, 0.25) is 0 Å². The fourth-order valence-corrected chi connectivity index (χ4v) is 3.98. The van der Waals surface area contributed by atoms with Gasteiger partial charge in [-0.25, -0.2) is 13.2 Å². The van der Waals surface area contributed by atoms with Gasteiger partial charge in [-0.15, -0.1) is 0 Å². The third kappa shape index (κ3) is 3.70. The van der Waals surface area contributed by atoms with E-state index in [9.17, 15) is 23.1 Å². The summed E-state index contributed by atoms with van der Waals surface area (Å²) >= 11 is 0. The first kappa shape index (κ1) is 17.9. The van der Waals surface area contributed by atoms with Crippen LogP contribution in [0.4, 0.5) is 11.4 Å². The molecule has 26 heavy (non-hydrogen) atoms. The van der Waals surface area contributed by atoms with Crippen LogP contribution >= 0.6 is 0 Å². The van der Waals surface area contributed by atoms with Crippen LogP contribution in [0.15, 0.2) is 42.5 Å². The highest BCUT2D eigenvalue weighted by molar-refractivity contribution is 7.92. The van der Waals surface area contributed by atoms with E-state index in [-0.39, 0.29) is 17.9 Å². The highest BCUT2D eigenvalue weighted by atomic mass is 32.2. The summed E-state index contributed by atoms with van der Waals surface area (Å²) in [7, 11) is -3.37. The monoisotopic (exact) mass is 374 g/mol. The van der Waals surface area contributed by atoms with Gasteiger partial charge >= 0.3 is 5.97 Å². The van der Waals surface area contributed by atoms with Crippen LogP contribution in [0.3, 0.4) is 0 Å². The zero-order chi connectivity index (χ0) is 18.9. The molecule has 7 nitrogen and oxygen atoms in total. The van der Waals surface area contributed by atoms with Gasteiger partial charge in [0.1, 0.15) is 0 Å². The lowest BCUT2D eigenvalue weighted by Crippen LogP contribution is -2.27. The summed E-state index contributed by atoms with van der Waals surface area (Å²) in [5, 5.41) is 11.9. The average Bonchev–Trinajstić information content (AvgIpc) is 2.98. The van der Waals surface area contributed by atoms with Gasteiger partial charge in [0, 0.05) is 12.2 Å². The largest absolute Gasteiger partial charge is 0.478 e. The molecule has 0 atom stereocenters. The van der Waals surface area contributed by atoms with Crippen molar-refractivity contribution in [2.45, 2.75) is 12.8 Å². The summed E-state index contributed by atoms with van der Waals surface area (Å²) in [4.78, 5) is 23.5. The molecule has 136 valence electrons. The predicted molar refractivity (Wildman–Crippen MR) is 98.1 cm³/mol. The maximum Gasteiger partial charge on any atom is 0.335 e. The molecule has 0 spiro atoms. The van der Waals surface area contributed by atoms with E-state index in [1.807, 2.05) is 0 Å². The number of aromatic carboxylic acids is 1. The number of nitrogens with one attached hydrogen (secondary N) is 1. The number of carboxylic acid groups (broad SMARTS) is 1. The van der Waals surface area contributed by atoms with Crippen molar-refractivity contribution in [3.63, 3.8) is 0 Å². The highest BCUT2D eigenvalue weighted by Gasteiger charge is 2.26. The zero-order valence-electron chi connectivity index (χ0n) is 14.1. The van der Waals surface area contributed by atoms with Gasteiger partial charge in [0.25, 0.3) is 0 Å². The first-order valence-electron chi connectivity index (χ1n) is 7.97. The Morgan fingerprint density at radius 3 is 2.62 bits per heavy atom.